The summed E-state index contributed by atoms with van der Waals surface area (Å²) in [6.07, 6.45) is 0. The van der Waals surface area contributed by atoms with Crippen LogP contribution >= 0.6 is 0 Å². The highest BCUT2D eigenvalue weighted by atomic mass is 16.5. The molecule has 7 aromatic carbocycles. The number of hydrogen-bond donors (Lipinski definition) is 0. The van der Waals surface area contributed by atoms with E-state index in [-0.39, 0.29) is 12.1 Å². The van der Waals surface area contributed by atoms with Crippen molar-refractivity contribution in [2.45, 2.75) is 26.2 Å². The number of anilines is 6. The summed E-state index contributed by atoms with van der Waals surface area (Å²) in [5.41, 5.74) is 16.2. The van der Waals surface area contributed by atoms with Gasteiger partial charge in [-0.25, -0.2) is 0 Å². The molecule has 4 heterocycles. The first-order chi connectivity index (χ1) is 25.9. The standard InChI is InChI=1S/C48H35BN2O2/c1-48(2,3)34-21-23-35(24-22-34)50-38-25-20-32(45-29-31-14-7-9-17-42(31)52-45)26-37(38)49-36-15-11-19-44-47(36)51(39-16-8-10-18-43(39)53-44)41-28-33(27-40(50)46(41)49)30-12-5-4-6-13-30/h4-29H,1-3H3. The van der Waals surface area contributed by atoms with Crippen LogP contribution in [0.15, 0.2) is 162 Å². The summed E-state index contributed by atoms with van der Waals surface area (Å²) in [7, 11) is 0. The fourth-order valence-electron chi connectivity index (χ4n) is 8.66. The summed E-state index contributed by atoms with van der Waals surface area (Å²) in [6.45, 7) is 6.77. The van der Waals surface area contributed by atoms with E-state index in [4.69, 9.17) is 9.15 Å². The van der Waals surface area contributed by atoms with Crippen LogP contribution in [0.4, 0.5) is 34.1 Å². The summed E-state index contributed by atoms with van der Waals surface area (Å²) < 4.78 is 13.1. The summed E-state index contributed by atoms with van der Waals surface area (Å²) in [6, 6.07) is 56.9. The number of rotatable bonds is 3. The van der Waals surface area contributed by atoms with Gasteiger partial charge < -0.3 is 19.0 Å². The van der Waals surface area contributed by atoms with Gasteiger partial charge in [0.25, 0.3) is 6.71 Å². The van der Waals surface area contributed by atoms with Crippen molar-refractivity contribution in [3.8, 4) is 33.9 Å². The van der Waals surface area contributed by atoms with Crippen molar-refractivity contribution in [1.29, 1.82) is 0 Å². The number of furan rings is 1. The van der Waals surface area contributed by atoms with Gasteiger partial charge in [-0.1, -0.05) is 112 Å². The van der Waals surface area contributed by atoms with Crippen molar-refractivity contribution in [2.24, 2.45) is 0 Å². The number of nitrogens with zero attached hydrogens (tertiary/aromatic N) is 2. The molecule has 4 nitrogen and oxygen atoms in total. The molecule has 252 valence electrons. The minimum absolute atomic E-state index is 0.0441. The van der Waals surface area contributed by atoms with E-state index >= 15 is 0 Å². The van der Waals surface area contributed by atoms with Crippen molar-refractivity contribution >= 4 is 68.2 Å². The Morgan fingerprint density at radius 2 is 1.25 bits per heavy atom. The van der Waals surface area contributed by atoms with Crippen molar-refractivity contribution in [3.63, 3.8) is 0 Å². The van der Waals surface area contributed by atoms with Crippen LogP contribution in [-0.4, -0.2) is 6.71 Å². The Bertz CT molecular complexity index is 2730. The molecule has 0 radical (unpaired) electrons. The maximum absolute atomic E-state index is 6.67. The number of fused-ring (bicyclic) bond motifs is 7. The van der Waals surface area contributed by atoms with E-state index in [1.807, 2.05) is 12.1 Å². The zero-order valence-electron chi connectivity index (χ0n) is 29.8. The summed E-state index contributed by atoms with van der Waals surface area (Å²) in [5, 5.41) is 1.10. The molecule has 0 spiro atoms. The second-order valence-corrected chi connectivity index (χ2v) is 15.4. The first-order valence-corrected chi connectivity index (χ1v) is 18.4. The Morgan fingerprint density at radius 1 is 0.509 bits per heavy atom. The zero-order chi connectivity index (χ0) is 35.4. The molecule has 3 aliphatic rings. The quantitative estimate of drug-likeness (QED) is 0.174. The summed E-state index contributed by atoms with van der Waals surface area (Å²) in [5.74, 6) is 2.59. The third kappa shape index (κ3) is 4.50. The van der Waals surface area contributed by atoms with Gasteiger partial charge in [0.05, 0.1) is 11.4 Å². The van der Waals surface area contributed by atoms with Crippen molar-refractivity contribution in [1.82, 2.24) is 0 Å². The van der Waals surface area contributed by atoms with Gasteiger partial charge in [-0.15, -0.1) is 0 Å². The Morgan fingerprint density at radius 3 is 2.06 bits per heavy atom. The van der Waals surface area contributed by atoms with Gasteiger partial charge in [0.15, 0.2) is 11.5 Å². The van der Waals surface area contributed by atoms with E-state index in [0.29, 0.717) is 0 Å². The summed E-state index contributed by atoms with van der Waals surface area (Å²) in [4.78, 5) is 4.92. The largest absolute Gasteiger partial charge is 0.456 e. The molecule has 1 aromatic heterocycles. The van der Waals surface area contributed by atoms with Crippen LogP contribution in [-0.2, 0) is 5.41 Å². The molecule has 0 bridgehead atoms. The molecule has 0 saturated heterocycles. The van der Waals surface area contributed by atoms with Gasteiger partial charge >= 0.3 is 0 Å². The van der Waals surface area contributed by atoms with Crippen molar-refractivity contribution in [2.75, 3.05) is 9.80 Å². The zero-order valence-corrected chi connectivity index (χ0v) is 29.8. The Kier molecular flexibility index (Phi) is 6.28. The number of para-hydroxylation sites is 4. The van der Waals surface area contributed by atoms with E-state index in [2.05, 4.69) is 176 Å². The second kappa shape index (κ2) is 11.0. The second-order valence-electron chi connectivity index (χ2n) is 15.4. The lowest BCUT2D eigenvalue weighted by Gasteiger charge is -2.46. The predicted octanol–water partition coefficient (Wildman–Crippen LogP) is 11.3. The first kappa shape index (κ1) is 30.2. The maximum Gasteiger partial charge on any atom is 0.252 e. The van der Waals surface area contributed by atoms with Crippen LogP contribution in [0.1, 0.15) is 26.3 Å². The van der Waals surface area contributed by atoms with Crippen molar-refractivity contribution in [3.05, 3.63) is 163 Å². The fraction of sp³-hybridized carbons (Fsp3) is 0.0833. The molecule has 3 aliphatic heterocycles. The van der Waals surface area contributed by atoms with Crippen LogP contribution in [0.2, 0.25) is 0 Å². The number of benzene rings is 7. The lowest BCUT2D eigenvalue weighted by Crippen LogP contribution is -2.61. The van der Waals surface area contributed by atoms with E-state index in [9.17, 15) is 0 Å². The van der Waals surface area contributed by atoms with Gasteiger partial charge in [0.2, 0.25) is 0 Å². The average Bonchev–Trinajstić information content (AvgIpc) is 3.63. The summed E-state index contributed by atoms with van der Waals surface area (Å²) >= 11 is 0. The topological polar surface area (TPSA) is 28.9 Å². The van der Waals surface area contributed by atoms with E-state index < -0.39 is 0 Å². The molecule has 0 unspecified atom stereocenters. The van der Waals surface area contributed by atoms with Gasteiger partial charge in [-0.3, -0.25) is 0 Å². The molecule has 0 aliphatic carbocycles. The molecule has 0 fully saturated rings. The predicted molar refractivity (Wildman–Crippen MR) is 220 cm³/mol. The molecule has 0 atom stereocenters. The van der Waals surface area contributed by atoms with Crippen LogP contribution in [0, 0.1) is 0 Å². The lowest BCUT2D eigenvalue weighted by molar-refractivity contribution is 0.477. The van der Waals surface area contributed by atoms with Gasteiger partial charge in [0.1, 0.15) is 11.3 Å². The van der Waals surface area contributed by atoms with Crippen molar-refractivity contribution < 1.29 is 9.15 Å². The smallest absolute Gasteiger partial charge is 0.252 e. The highest BCUT2D eigenvalue weighted by molar-refractivity contribution is 7.00. The molecular weight excluding hydrogens is 647 g/mol. The van der Waals surface area contributed by atoms with Crippen LogP contribution < -0.4 is 30.9 Å². The van der Waals surface area contributed by atoms with Crippen LogP contribution in [0.3, 0.4) is 0 Å². The minimum Gasteiger partial charge on any atom is -0.456 e. The molecule has 0 amide bonds. The van der Waals surface area contributed by atoms with Crippen LogP contribution in [0.5, 0.6) is 11.5 Å². The molecule has 5 heteroatoms. The SMILES string of the molecule is CC(C)(C)c1ccc(N2c3ccc(-c4cc5ccccc5o4)cc3B3c4cccc5c4N(c4ccccc4O5)c4cc(-c5ccccc5)cc2c43)cc1. The highest BCUT2D eigenvalue weighted by Gasteiger charge is 2.46. The van der Waals surface area contributed by atoms with E-state index in [1.165, 1.54) is 38.8 Å². The Hall–Kier alpha value is -6.46. The van der Waals surface area contributed by atoms with Gasteiger partial charge in [-0.05, 0) is 105 Å². The van der Waals surface area contributed by atoms with Gasteiger partial charge in [0, 0.05) is 33.7 Å². The van der Waals surface area contributed by atoms with E-state index in [1.54, 1.807) is 0 Å². The molecule has 53 heavy (non-hydrogen) atoms. The average molecular weight is 683 g/mol. The van der Waals surface area contributed by atoms with Gasteiger partial charge in [-0.2, -0.15) is 0 Å². The fourth-order valence-corrected chi connectivity index (χ4v) is 8.66. The molecule has 0 N–H and O–H groups in total. The Balaban J connectivity index is 1.23. The third-order valence-electron chi connectivity index (χ3n) is 11.2. The lowest BCUT2D eigenvalue weighted by atomic mass is 9.33. The maximum atomic E-state index is 6.67. The van der Waals surface area contributed by atoms with E-state index in [0.717, 1.165) is 62.2 Å². The molecule has 8 aromatic rings. The molecule has 0 saturated carbocycles. The Labute approximate surface area is 309 Å². The third-order valence-corrected chi connectivity index (χ3v) is 11.2. The number of hydrogen-bond acceptors (Lipinski definition) is 4. The minimum atomic E-state index is -0.0469. The highest BCUT2D eigenvalue weighted by Crippen LogP contribution is 2.53. The van der Waals surface area contributed by atoms with Crippen LogP contribution in [0.25, 0.3) is 33.4 Å². The number of ether oxygens (including phenoxy) is 1. The molecule has 11 rings (SSSR count). The first-order valence-electron chi connectivity index (χ1n) is 18.4. The normalized spacial score (nSPS) is 13.6. The monoisotopic (exact) mass is 682 g/mol. The molecular formula is C48H35BN2O2.